The molecule has 26 heavy (non-hydrogen) atoms. The Morgan fingerprint density at radius 2 is 1.96 bits per heavy atom. The van der Waals surface area contributed by atoms with Gasteiger partial charge in [-0.15, -0.1) is 11.3 Å². The van der Waals surface area contributed by atoms with E-state index in [2.05, 4.69) is 4.98 Å². The number of furan rings is 1. The van der Waals surface area contributed by atoms with E-state index >= 15 is 0 Å². The van der Waals surface area contributed by atoms with Crippen molar-refractivity contribution in [1.82, 2.24) is 9.88 Å². The minimum atomic E-state index is -0.777. The number of carbonyl (C=O) groups excluding carboxylic acids is 1. The third kappa shape index (κ3) is 3.35. The highest BCUT2D eigenvalue weighted by atomic mass is 32.1. The maximum atomic E-state index is 12.6. The maximum Gasteiger partial charge on any atom is 0.303 e. The van der Waals surface area contributed by atoms with Crippen LogP contribution >= 0.6 is 11.3 Å². The highest BCUT2D eigenvalue weighted by Gasteiger charge is 2.27. The molecule has 3 heterocycles. The number of likely N-dealkylation sites (tertiary alicyclic amines) is 1. The summed E-state index contributed by atoms with van der Waals surface area (Å²) in [6.45, 7) is 1.13. The lowest BCUT2D eigenvalue weighted by Crippen LogP contribution is -2.38. The van der Waals surface area contributed by atoms with Crippen LogP contribution < -0.4 is 0 Å². The molecular weight excluding hydrogens is 352 g/mol. The van der Waals surface area contributed by atoms with Gasteiger partial charge < -0.3 is 14.4 Å². The summed E-state index contributed by atoms with van der Waals surface area (Å²) in [7, 11) is 0. The third-order valence-electron chi connectivity index (χ3n) is 4.69. The van der Waals surface area contributed by atoms with Crippen LogP contribution in [0.3, 0.4) is 0 Å². The predicted molar refractivity (Wildman–Crippen MR) is 98.2 cm³/mol. The molecule has 134 valence electrons. The second kappa shape index (κ2) is 6.92. The van der Waals surface area contributed by atoms with E-state index < -0.39 is 5.97 Å². The summed E-state index contributed by atoms with van der Waals surface area (Å²) in [6.07, 6.45) is 1.59. The van der Waals surface area contributed by atoms with Gasteiger partial charge in [0, 0.05) is 19.5 Å². The van der Waals surface area contributed by atoms with Crippen molar-refractivity contribution in [3.05, 3.63) is 42.2 Å². The number of aliphatic carboxylic acids is 1. The van der Waals surface area contributed by atoms with E-state index in [1.807, 2.05) is 24.3 Å². The molecule has 0 unspecified atom stereocenters. The Labute approximate surface area is 154 Å². The molecule has 1 aromatic carbocycles. The first kappa shape index (κ1) is 16.8. The van der Waals surface area contributed by atoms with Gasteiger partial charge in [0.25, 0.3) is 5.91 Å². The zero-order valence-corrected chi connectivity index (χ0v) is 14.9. The molecule has 1 amide bonds. The Morgan fingerprint density at radius 1 is 1.19 bits per heavy atom. The summed E-state index contributed by atoms with van der Waals surface area (Å²) in [5.41, 5.74) is 0.914. The molecule has 1 fully saturated rings. The number of fused-ring (bicyclic) bond motifs is 1. The highest BCUT2D eigenvalue weighted by Crippen LogP contribution is 2.31. The number of thiazole rings is 1. The number of amides is 1. The van der Waals surface area contributed by atoms with Crippen molar-refractivity contribution in [2.75, 3.05) is 13.1 Å². The quantitative estimate of drug-likeness (QED) is 0.753. The van der Waals surface area contributed by atoms with Crippen LogP contribution in [-0.4, -0.2) is 40.0 Å². The Kier molecular flexibility index (Phi) is 4.46. The van der Waals surface area contributed by atoms with Crippen LogP contribution in [0.2, 0.25) is 0 Å². The SMILES string of the molecule is O=C(O)CC1CCN(C(=O)c2ccc(-c3nc4ccccc4s3)o2)CC1. The molecule has 6 nitrogen and oxygen atoms in total. The number of nitrogens with zero attached hydrogens (tertiary/aromatic N) is 2. The molecular formula is C19H18N2O4S. The number of hydrogen-bond donors (Lipinski definition) is 1. The normalized spacial score (nSPS) is 15.5. The number of carboxylic acid groups (broad SMARTS) is 1. The molecule has 1 aliphatic heterocycles. The van der Waals surface area contributed by atoms with Gasteiger partial charge in [0.1, 0.15) is 0 Å². The van der Waals surface area contributed by atoms with Gasteiger partial charge in [-0.2, -0.15) is 0 Å². The van der Waals surface area contributed by atoms with Gasteiger partial charge in [-0.25, -0.2) is 4.98 Å². The zero-order chi connectivity index (χ0) is 18.1. The first-order valence-corrected chi connectivity index (χ1v) is 9.38. The third-order valence-corrected chi connectivity index (χ3v) is 5.74. The number of carbonyl (C=O) groups is 2. The van der Waals surface area contributed by atoms with E-state index in [9.17, 15) is 9.59 Å². The number of hydrogen-bond acceptors (Lipinski definition) is 5. The molecule has 3 aromatic rings. The number of aromatic nitrogens is 1. The van der Waals surface area contributed by atoms with E-state index in [4.69, 9.17) is 9.52 Å². The number of benzene rings is 1. The van der Waals surface area contributed by atoms with Crippen molar-refractivity contribution in [3.8, 4) is 10.8 Å². The summed E-state index contributed by atoms with van der Waals surface area (Å²) < 4.78 is 6.84. The summed E-state index contributed by atoms with van der Waals surface area (Å²) in [5.74, 6) is 0.116. The molecule has 0 saturated carbocycles. The van der Waals surface area contributed by atoms with Crippen LogP contribution in [0.4, 0.5) is 0 Å². The highest BCUT2D eigenvalue weighted by molar-refractivity contribution is 7.21. The summed E-state index contributed by atoms with van der Waals surface area (Å²) in [4.78, 5) is 29.7. The summed E-state index contributed by atoms with van der Waals surface area (Å²) >= 11 is 1.53. The average Bonchev–Trinajstić information content (AvgIpc) is 3.28. The van der Waals surface area contributed by atoms with Crippen molar-refractivity contribution < 1.29 is 19.1 Å². The van der Waals surface area contributed by atoms with Crippen molar-refractivity contribution in [1.29, 1.82) is 0 Å². The number of carboxylic acids is 1. The predicted octanol–water partition coefficient (Wildman–Crippen LogP) is 3.88. The second-order valence-electron chi connectivity index (χ2n) is 6.48. The van der Waals surface area contributed by atoms with E-state index in [0.717, 1.165) is 15.2 Å². The first-order chi connectivity index (χ1) is 12.6. The fourth-order valence-corrected chi connectivity index (χ4v) is 4.22. The standard InChI is InChI=1S/C19H18N2O4S/c22-17(23)11-12-7-9-21(10-8-12)19(24)15-6-5-14(25-15)18-20-13-3-1-2-4-16(13)26-18/h1-6,12H,7-11H2,(H,22,23). The monoisotopic (exact) mass is 370 g/mol. The molecule has 4 rings (SSSR count). The van der Waals surface area contributed by atoms with Crippen LogP contribution in [0.25, 0.3) is 21.0 Å². The Hall–Kier alpha value is -2.67. The molecule has 0 radical (unpaired) electrons. The second-order valence-corrected chi connectivity index (χ2v) is 7.51. The number of piperidine rings is 1. The fraction of sp³-hybridized carbons (Fsp3) is 0.316. The Bertz CT molecular complexity index is 920. The minimum Gasteiger partial charge on any atom is -0.481 e. The number of rotatable bonds is 4. The maximum absolute atomic E-state index is 12.6. The van der Waals surface area contributed by atoms with E-state index in [-0.39, 0.29) is 18.2 Å². The Balaban J connectivity index is 1.46. The van der Waals surface area contributed by atoms with Gasteiger partial charge in [-0.1, -0.05) is 12.1 Å². The largest absolute Gasteiger partial charge is 0.481 e. The van der Waals surface area contributed by atoms with Crippen LogP contribution in [0.15, 0.2) is 40.8 Å². The molecule has 1 saturated heterocycles. The lowest BCUT2D eigenvalue weighted by molar-refractivity contribution is -0.138. The molecule has 0 spiro atoms. The van der Waals surface area contributed by atoms with Gasteiger partial charge in [-0.3, -0.25) is 9.59 Å². The van der Waals surface area contributed by atoms with Gasteiger partial charge >= 0.3 is 5.97 Å². The average molecular weight is 370 g/mol. The van der Waals surface area contributed by atoms with E-state index in [1.165, 1.54) is 11.3 Å². The first-order valence-electron chi connectivity index (χ1n) is 8.57. The lowest BCUT2D eigenvalue weighted by Gasteiger charge is -2.30. The molecule has 1 aliphatic rings. The molecule has 0 bridgehead atoms. The smallest absolute Gasteiger partial charge is 0.303 e. The molecule has 2 aromatic heterocycles. The van der Waals surface area contributed by atoms with Crippen molar-refractivity contribution in [3.63, 3.8) is 0 Å². The van der Waals surface area contributed by atoms with Crippen molar-refractivity contribution >= 4 is 33.4 Å². The van der Waals surface area contributed by atoms with Crippen molar-refractivity contribution in [2.24, 2.45) is 5.92 Å². The molecule has 0 aliphatic carbocycles. The van der Waals surface area contributed by atoms with E-state index in [1.54, 1.807) is 17.0 Å². The molecule has 1 N–H and O–H groups in total. The van der Waals surface area contributed by atoms with Crippen LogP contribution in [-0.2, 0) is 4.79 Å². The Morgan fingerprint density at radius 3 is 2.69 bits per heavy atom. The minimum absolute atomic E-state index is 0.145. The van der Waals surface area contributed by atoms with Gasteiger partial charge in [0.2, 0.25) is 0 Å². The van der Waals surface area contributed by atoms with Crippen LogP contribution in [0, 0.1) is 5.92 Å². The summed E-state index contributed by atoms with van der Waals surface area (Å²) in [5, 5.41) is 9.64. The topological polar surface area (TPSA) is 83.6 Å². The van der Waals surface area contributed by atoms with Crippen LogP contribution in [0.1, 0.15) is 29.8 Å². The van der Waals surface area contributed by atoms with E-state index in [0.29, 0.717) is 37.5 Å². The van der Waals surface area contributed by atoms with Gasteiger partial charge in [0.05, 0.1) is 10.2 Å². The number of para-hydroxylation sites is 1. The van der Waals surface area contributed by atoms with Gasteiger partial charge in [0.15, 0.2) is 16.5 Å². The van der Waals surface area contributed by atoms with Gasteiger partial charge in [-0.05, 0) is 43.0 Å². The molecule has 7 heteroatoms. The fourth-order valence-electron chi connectivity index (χ4n) is 3.29. The lowest BCUT2D eigenvalue weighted by atomic mass is 9.93. The summed E-state index contributed by atoms with van der Waals surface area (Å²) in [6, 6.07) is 11.3. The van der Waals surface area contributed by atoms with Crippen LogP contribution in [0.5, 0.6) is 0 Å². The zero-order valence-electron chi connectivity index (χ0n) is 14.1. The molecule has 0 atom stereocenters. The van der Waals surface area contributed by atoms with Crippen molar-refractivity contribution in [2.45, 2.75) is 19.3 Å².